The molecule has 2 aliphatic heterocycles. The zero-order valence-electron chi connectivity index (χ0n) is 16.2. The predicted octanol–water partition coefficient (Wildman–Crippen LogP) is 2.59. The van der Waals surface area contributed by atoms with E-state index < -0.39 is 11.7 Å². The molecule has 2 bridgehead atoms. The van der Waals surface area contributed by atoms with Crippen molar-refractivity contribution in [3.63, 3.8) is 0 Å². The van der Waals surface area contributed by atoms with Crippen LogP contribution in [0.2, 0.25) is 0 Å². The molecule has 0 radical (unpaired) electrons. The van der Waals surface area contributed by atoms with Gasteiger partial charge in [-0.3, -0.25) is 4.90 Å². The molecule has 0 amide bonds. The molecule has 7 nitrogen and oxygen atoms in total. The van der Waals surface area contributed by atoms with E-state index in [1.54, 1.807) is 7.11 Å². The number of ether oxygens (including phenoxy) is 3. The van der Waals surface area contributed by atoms with Gasteiger partial charge in [-0.2, -0.15) is 0 Å². The third-order valence-corrected chi connectivity index (χ3v) is 6.15. The van der Waals surface area contributed by atoms with Crippen LogP contribution in [0, 0.1) is 5.92 Å². The Hall–Kier alpha value is -2.35. The average Bonchev–Trinajstić information content (AvgIpc) is 3.38. The molecule has 5 atom stereocenters. The summed E-state index contributed by atoms with van der Waals surface area (Å²) in [5, 5.41) is 15.6. The SMILES string of the molecule is COC1=CC2C[C@H]3[C@H](N(C)C)c4onc(OCc5ccccc5)c4C(O)C13O2. The summed E-state index contributed by atoms with van der Waals surface area (Å²) in [6.45, 7) is 0.339. The molecule has 3 aliphatic rings. The molecule has 3 heterocycles. The van der Waals surface area contributed by atoms with Gasteiger partial charge in [-0.25, -0.2) is 0 Å². The molecule has 3 unspecified atom stereocenters. The first-order valence-electron chi connectivity index (χ1n) is 9.51. The fraction of sp³-hybridized carbons (Fsp3) is 0.476. The van der Waals surface area contributed by atoms with Gasteiger partial charge in [-0.1, -0.05) is 30.3 Å². The highest BCUT2D eigenvalue weighted by Gasteiger charge is 2.68. The zero-order chi connectivity index (χ0) is 19.5. The maximum atomic E-state index is 11.4. The number of methoxy groups -OCH3 is 1. The molecular weight excluding hydrogens is 360 g/mol. The Balaban J connectivity index is 1.56. The lowest BCUT2D eigenvalue weighted by molar-refractivity contribution is -0.132. The second-order valence-electron chi connectivity index (χ2n) is 7.88. The van der Waals surface area contributed by atoms with Crippen molar-refractivity contribution in [1.82, 2.24) is 10.1 Å². The van der Waals surface area contributed by atoms with Gasteiger partial charge in [0.25, 0.3) is 5.88 Å². The van der Waals surface area contributed by atoms with Crippen molar-refractivity contribution in [3.8, 4) is 5.88 Å². The van der Waals surface area contributed by atoms with Gasteiger partial charge in [0, 0.05) is 5.92 Å². The normalized spacial score (nSPS) is 32.8. The van der Waals surface area contributed by atoms with E-state index in [0.717, 1.165) is 12.0 Å². The van der Waals surface area contributed by atoms with E-state index in [9.17, 15) is 5.11 Å². The first-order valence-corrected chi connectivity index (χ1v) is 9.51. The van der Waals surface area contributed by atoms with Crippen LogP contribution in [0.3, 0.4) is 0 Å². The summed E-state index contributed by atoms with van der Waals surface area (Å²) in [5.74, 6) is 1.63. The summed E-state index contributed by atoms with van der Waals surface area (Å²) in [6, 6.07) is 9.74. The van der Waals surface area contributed by atoms with Gasteiger partial charge in [0.15, 0.2) is 11.4 Å². The molecule has 1 aromatic heterocycles. The molecule has 5 rings (SSSR count). The molecule has 1 aliphatic carbocycles. The van der Waals surface area contributed by atoms with Crippen LogP contribution in [0.15, 0.2) is 46.7 Å². The summed E-state index contributed by atoms with van der Waals surface area (Å²) >= 11 is 0. The molecule has 1 fully saturated rings. The number of aromatic nitrogens is 1. The highest BCUT2D eigenvalue weighted by atomic mass is 16.6. The van der Waals surface area contributed by atoms with E-state index in [4.69, 9.17) is 18.7 Å². The van der Waals surface area contributed by atoms with E-state index in [-0.39, 0.29) is 18.1 Å². The lowest BCUT2D eigenvalue weighted by Gasteiger charge is -2.46. The van der Waals surface area contributed by atoms with Crippen LogP contribution in [0.4, 0.5) is 0 Å². The Morgan fingerprint density at radius 3 is 2.79 bits per heavy atom. The molecule has 2 aromatic rings. The number of benzene rings is 1. The monoisotopic (exact) mass is 384 g/mol. The van der Waals surface area contributed by atoms with Crippen molar-refractivity contribution in [1.29, 1.82) is 0 Å². The van der Waals surface area contributed by atoms with Crippen molar-refractivity contribution in [3.05, 3.63) is 59.1 Å². The van der Waals surface area contributed by atoms with Crippen molar-refractivity contribution in [2.24, 2.45) is 5.92 Å². The van der Waals surface area contributed by atoms with E-state index in [1.807, 2.05) is 50.5 Å². The molecule has 148 valence electrons. The van der Waals surface area contributed by atoms with Gasteiger partial charge in [-0.05, 0) is 37.3 Å². The molecule has 28 heavy (non-hydrogen) atoms. The van der Waals surface area contributed by atoms with Crippen molar-refractivity contribution < 1.29 is 23.8 Å². The van der Waals surface area contributed by atoms with E-state index >= 15 is 0 Å². The Morgan fingerprint density at radius 2 is 2.07 bits per heavy atom. The first kappa shape index (κ1) is 17.7. The molecule has 1 saturated heterocycles. The van der Waals surface area contributed by atoms with E-state index in [2.05, 4.69) is 10.1 Å². The van der Waals surface area contributed by atoms with Crippen LogP contribution in [0.25, 0.3) is 0 Å². The van der Waals surface area contributed by atoms with Crippen LogP contribution in [0.1, 0.15) is 35.5 Å². The standard InChI is InChI=1S/C21H24N2O5/c1-23(2)17-14-9-13-10-15(25-3)21(14,27-13)19(24)16-18(17)28-22-20(16)26-11-12-7-5-4-6-8-12/h4-8,10,13-14,17,19,24H,9,11H2,1-3H3/t13?,14-,17-,19?,21?/m0/s1. The minimum atomic E-state index is -0.973. The van der Waals surface area contributed by atoms with Gasteiger partial charge < -0.3 is 23.8 Å². The lowest BCUT2D eigenvalue weighted by atomic mass is 9.66. The van der Waals surface area contributed by atoms with Crippen LogP contribution in [0.5, 0.6) is 5.88 Å². The Bertz CT molecular complexity index is 909. The highest BCUT2D eigenvalue weighted by molar-refractivity contribution is 5.45. The Kier molecular flexibility index (Phi) is 4.01. The fourth-order valence-corrected chi connectivity index (χ4v) is 5.03. The predicted molar refractivity (Wildman–Crippen MR) is 99.5 cm³/mol. The molecular formula is C21H24N2O5. The molecule has 0 saturated carbocycles. The Labute approximate surface area is 163 Å². The quantitative estimate of drug-likeness (QED) is 0.849. The number of fused-ring (bicyclic) bond motifs is 2. The van der Waals surface area contributed by atoms with E-state index in [0.29, 0.717) is 29.6 Å². The van der Waals surface area contributed by atoms with E-state index in [1.165, 1.54) is 0 Å². The Morgan fingerprint density at radius 1 is 1.29 bits per heavy atom. The van der Waals surface area contributed by atoms with Crippen LogP contribution in [-0.4, -0.2) is 48.1 Å². The summed E-state index contributed by atoms with van der Waals surface area (Å²) in [6.07, 6.45) is 1.73. The number of nitrogens with zero attached hydrogens (tertiary/aromatic N) is 2. The van der Waals surface area contributed by atoms with Gasteiger partial charge in [-0.15, -0.1) is 0 Å². The number of aliphatic hydroxyl groups excluding tert-OH is 1. The second-order valence-corrected chi connectivity index (χ2v) is 7.88. The third-order valence-electron chi connectivity index (χ3n) is 6.15. The number of rotatable bonds is 5. The van der Waals surface area contributed by atoms with Gasteiger partial charge in [0.05, 0.1) is 24.8 Å². The third kappa shape index (κ3) is 2.30. The molecule has 1 N–H and O–H groups in total. The van der Waals surface area contributed by atoms with Crippen molar-refractivity contribution >= 4 is 0 Å². The number of hydrogen-bond donors (Lipinski definition) is 1. The van der Waals surface area contributed by atoms with Gasteiger partial charge >= 0.3 is 0 Å². The van der Waals surface area contributed by atoms with Crippen molar-refractivity contribution in [2.45, 2.75) is 36.9 Å². The zero-order valence-corrected chi connectivity index (χ0v) is 16.2. The summed E-state index contributed by atoms with van der Waals surface area (Å²) in [5.41, 5.74) is 0.634. The largest absolute Gasteiger partial charge is 0.498 e. The minimum Gasteiger partial charge on any atom is -0.498 e. The highest BCUT2D eigenvalue weighted by Crippen LogP contribution is 2.63. The minimum absolute atomic E-state index is 0.00451. The number of aliphatic hydroxyl groups is 1. The summed E-state index contributed by atoms with van der Waals surface area (Å²) in [7, 11) is 5.61. The summed E-state index contributed by atoms with van der Waals surface area (Å²) < 4.78 is 23.6. The molecule has 7 heteroatoms. The van der Waals surface area contributed by atoms with Crippen LogP contribution >= 0.6 is 0 Å². The van der Waals surface area contributed by atoms with Crippen molar-refractivity contribution in [2.75, 3.05) is 21.2 Å². The number of hydrogen-bond acceptors (Lipinski definition) is 7. The van der Waals surface area contributed by atoms with Gasteiger partial charge in [0.1, 0.15) is 18.5 Å². The fourth-order valence-electron chi connectivity index (χ4n) is 5.03. The summed E-state index contributed by atoms with van der Waals surface area (Å²) in [4.78, 5) is 2.08. The molecule has 1 aromatic carbocycles. The smallest absolute Gasteiger partial charge is 0.260 e. The average molecular weight is 384 g/mol. The van der Waals surface area contributed by atoms with Crippen LogP contribution in [-0.2, 0) is 16.1 Å². The second kappa shape index (κ2) is 6.34. The van der Waals surface area contributed by atoms with Crippen LogP contribution < -0.4 is 4.74 Å². The lowest BCUT2D eigenvalue weighted by Crippen LogP contribution is -2.51. The van der Waals surface area contributed by atoms with Gasteiger partial charge in [0.2, 0.25) is 0 Å². The maximum Gasteiger partial charge on any atom is 0.260 e. The topological polar surface area (TPSA) is 77.2 Å². The first-order chi connectivity index (χ1) is 13.6. The molecule has 1 spiro atoms. The maximum absolute atomic E-state index is 11.4.